The summed E-state index contributed by atoms with van der Waals surface area (Å²) < 4.78 is 14.7. The average Bonchev–Trinajstić information content (AvgIpc) is 3.55. The van der Waals surface area contributed by atoms with Crippen molar-refractivity contribution in [3.63, 3.8) is 0 Å². The monoisotopic (exact) mass is 490 g/mol. The molecule has 186 valence electrons. The van der Waals surface area contributed by atoms with Gasteiger partial charge in [-0.3, -0.25) is 0 Å². The van der Waals surface area contributed by atoms with E-state index in [1.54, 1.807) is 11.8 Å². The van der Waals surface area contributed by atoms with Gasteiger partial charge in [-0.2, -0.15) is 5.01 Å². The highest BCUT2D eigenvalue weighted by molar-refractivity contribution is 7.99. The van der Waals surface area contributed by atoms with Crippen LogP contribution in [0.25, 0.3) is 11.2 Å². The molecule has 2 aliphatic heterocycles. The fourth-order valence-electron chi connectivity index (χ4n) is 4.99. The van der Waals surface area contributed by atoms with Crippen LogP contribution >= 0.6 is 11.8 Å². The molecule has 2 aromatic rings. The van der Waals surface area contributed by atoms with Crippen molar-refractivity contribution in [2.45, 2.75) is 88.7 Å². The minimum Gasteiger partial charge on any atom is -0.368 e. The lowest BCUT2D eigenvalue weighted by molar-refractivity contribution is -0.163. The fourth-order valence-corrected chi connectivity index (χ4v) is 5.68. The SMILES string of the molecule is CCCCNc1nc(SCCC)nc2c1nnn2[C@@H]1C[C@H](C2N=NNN2C)[C@H]2OC(C)(C)O[C@H]21. The van der Waals surface area contributed by atoms with E-state index in [4.69, 9.17) is 19.4 Å². The van der Waals surface area contributed by atoms with Crippen LogP contribution in [0.2, 0.25) is 0 Å². The van der Waals surface area contributed by atoms with Gasteiger partial charge in [0.15, 0.2) is 27.9 Å². The van der Waals surface area contributed by atoms with Crippen LogP contribution in [0.15, 0.2) is 15.5 Å². The highest BCUT2D eigenvalue weighted by atomic mass is 32.2. The number of thioether (sulfide) groups is 1. The molecule has 5 rings (SSSR count). The zero-order valence-electron chi connectivity index (χ0n) is 20.4. The number of nitrogens with zero attached hydrogens (tertiary/aromatic N) is 8. The molecule has 1 aliphatic carbocycles. The summed E-state index contributed by atoms with van der Waals surface area (Å²) in [5.74, 6) is 1.09. The number of anilines is 1. The maximum Gasteiger partial charge on any atom is 0.191 e. The molecule has 4 heterocycles. The molecular weight excluding hydrogens is 456 g/mol. The largest absolute Gasteiger partial charge is 0.368 e. The summed E-state index contributed by atoms with van der Waals surface area (Å²) in [5, 5.41) is 23.6. The molecule has 1 saturated heterocycles. The minimum absolute atomic E-state index is 0.0812. The Morgan fingerprint density at radius 1 is 1.18 bits per heavy atom. The zero-order chi connectivity index (χ0) is 23.9. The lowest BCUT2D eigenvalue weighted by Gasteiger charge is -2.27. The van der Waals surface area contributed by atoms with E-state index in [1.165, 1.54) is 0 Å². The van der Waals surface area contributed by atoms with Gasteiger partial charge >= 0.3 is 0 Å². The van der Waals surface area contributed by atoms with Gasteiger partial charge < -0.3 is 14.8 Å². The third kappa shape index (κ3) is 4.34. The van der Waals surface area contributed by atoms with E-state index < -0.39 is 5.79 Å². The van der Waals surface area contributed by atoms with E-state index in [0.717, 1.165) is 54.6 Å². The first kappa shape index (κ1) is 23.6. The number of aromatic nitrogens is 5. The number of hydrogen-bond acceptors (Lipinski definition) is 12. The molecule has 1 unspecified atom stereocenters. The summed E-state index contributed by atoms with van der Waals surface area (Å²) in [6.45, 7) is 9.07. The molecule has 0 aromatic carbocycles. The second kappa shape index (κ2) is 9.51. The van der Waals surface area contributed by atoms with Crippen LogP contribution in [0.4, 0.5) is 5.82 Å². The van der Waals surface area contributed by atoms with Crippen molar-refractivity contribution in [2.24, 2.45) is 16.3 Å². The number of fused-ring (bicyclic) bond motifs is 2. The van der Waals surface area contributed by atoms with Crippen molar-refractivity contribution in [3.05, 3.63) is 0 Å². The maximum absolute atomic E-state index is 6.40. The van der Waals surface area contributed by atoms with E-state index in [1.807, 2.05) is 30.6 Å². The minimum atomic E-state index is -0.686. The third-order valence-corrected chi connectivity index (χ3v) is 7.57. The van der Waals surface area contributed by atoms with Crippen molar-refractivity contribution in [2.75, 3.05) is 24.7 Å². The number of unbranched alkanes of at least 4 members (excludes halogenated alkanes) is 1. The molecule has 0 radical (unpaired) electrons. The molecule has 12 nitrogen and oxygen atoms in total. The number of nitrogens with one attached hydrogen (secondary N) is 2. The van der Waals surface area contributed by atoms with Gasteiger partial charge in [-0.05, 0) is 33.1 Å². The number of rotatable bonds is 9. The van der Waals surface area contributed by atoms with Crippen molar-refractivity contribution in [1.82, 2.24) is 35.5 Å². The standard InChI is InChI=1S/C21H34N10O2S/c1-6-8-9-22-17-14-19(24-20(23-17)34-10-7-2)31(28-25-14)13-11-12(18-26-27-29-30(18)5)15-16(13)33-21(3,4)32-15/h12-13,15-16,18H,6-11H2,1-5H3,(H,26,29)(H,22,23,24)/t12-,13+,15+,16-,18?/m0/s1. The van der Waals surface area contributed by atoms with Crippen molar-refractivity contribution in [3.8, 4) is 0 Å². The van der Waals surface area contributed by atoms with Gasteiger partial charge in [0.2, 0.25) is 0 Å². The van der Waals surface area contributed by atoms with Crippen molar-refractivity contribution in [1.29, 1.82) is 0 Å². The van der Waals surface area contributed by atoms with Crippen LogP contribution in [-0.4, -0.2) is 73.5 Å². The van der Waals surface area contributed by atoms with Crippen LogP contribution in [0.3, 0.4) is 0 Å². The number of hydrazine groups is 1. The second-order valence-electron chi connectivity index (χ2n) is 9.56. The predicted octanol–water partition coefficient (Wildman–Crippen LogP) is 3.16. The Morgan fingerprint density at radius 2 is 2.00 bits per heavy atom. The van der Waals surface area contributed by atoms with Crippen LogP contribution in [-0.2, 0) is 9.47 Å². The molecule has 13 heteroatoms. The first-order chi connectivity index (χ1) is 16.4. The lowest BCUT2D eigenvalue weighted by atomic mass is 10.0. The molecule has 2 aromatic heterocycles. The molecule has 0 spiro atoms. The maximum atomic E-state index is 6.40. The molecule has 2 N–H and O–H groups in total. The van der Waals surface area contributed by atoms with Gasteiger partial charge in [0.25, 0.3) is 0 Å². The summed E-state index contributed by atoms with van der Waals surface area (Å²) in [5.41, 5.74) is 4.33. The summed E-state index contributed by atoms with van der Waals surface area (Å²) in [6.07, 6.45) is 3.51. The van der Waals surface area contributed by atoms with Gasteiger partial charge in [0.1, 0.15) is 12.3 Å². The van der Waals surface area contributed by atoms with Gasteiger partial charge in [-0.25, -0.2) is 20.2 Å². The van der Waals surface area contributed by atoms with Crippen LogP contribution in [0, 0.1) is 5.92 Å². The summed E-state index contributed by atoms with van der Waals surface area (Å²) >= 11 is 1.65. The molecule has 5 atom stereocenters. The fraction of sp³-hybridized carbons (Fsp3) is 0.810. The Bertz CT molecular complexity index is 1050. The van der Waals surface area contributed by atoms with Crippen molar-refractivity contribution >= 4 is 28.7 Å². The quantitative estimate of drug-likeness (QED) is 0.307. The lowest BCUT2D eigenvalue weighted by Crippen LogP contribution is -2.42. The van der Waals surface area contributed by atoms with Gasteiger partial charge in [0, 0.05) is 25.3 Å². The molecule has 34 heavy (non-hydrogen) atoms. The highest BCUT2D eigenvalue weighted by Crippen LogP contribution is 2.49. The van der Waals surface area contributed by atoms with Gasteiger partial charge in [-0.15, -0.1) is 10.2 Å². The van der Waals surface area contributed by atoms with E-state index in [9.17, 15) is 0 Å². The number of hydrogen-bond donors (Lipinski definition) is 2. The summed E-state index contributed by atoms with van der Waals surface area (Å²) in [6, 6.07) is -0.0895. The van der Waals surface area contributed by atoms with Crippen LogP contribution in [0.5, 0.6) is 0 Å². The molecule has 1 saturated carbocycles. The average molecular weight is 491 g/mol. The van der Waals surface area contributed by atoms with Crippen LogP contribution < -0.4 is 10.9 Å². The molecule has 2 fully saturated rings. The zero-order valence-corrected chi connectivity index (χ0v) is 21.2. The Balaban J connectivity index is 1.52. The van der Waals surface area contributed by atoms with E-state index in [0.29, 0.717) is 5.52 Å². The van der Waals surface area contributed by atoms with Crippen molar-refractivity contribution < 1.29 is 9.47 Å². The van der Waals surface area contributed by atoms with Gasteiger partial charge in [0.05, 0.1) is 12.1 Å². The van der Waals surface area contributed by atoms with E-state index in [-0.39, 0.29) is 30.3 Å². The Morgan fingerprint density at radius 3 is 2.74 bits per heavy atom. The molecule has 0 bridgehead atoms. The Labute approximate surface area is 203 Å². The second-order valence-corrected chi connectivity index (χ2v) is 10.6. The number of ether oxygens (including phenoxy) is 2. The first-order valence-corrected chi connectivity index (χ1v) is 13.1. The Hall–Kier alpha value is -2.09. The third-order valence-electron chi connectivity index (χ3n) is 6.51. The van der Waals surface area contributed by atoms with E-state index in [2.05, 4.69) is 45.3 Å². The molecule has 0 amide bonds. The van der Waals surface area contributed by atoms with Gasteiger partial charge in [-0.1, -0.05) is 42.5 Å². The Kier molecular flexibility index (Phi) is 6.62. The predicted molar refractivity (Wildman–Crippen MR) is 128 cm³/mol. The normalized spacial score (nSPS) is 30.2. The molecule has 3 aliphatic rings. The summed E-state index contributed by atoms with van der Waals surface area (Å²) in [7, 11) is 1.94. The summed E-state index contributed by atoms with van der Waals surface area (Å²) in [4.78, 5) is 9.64. The van der Waals surface area contributed by atoms with E-state index >= 15 is 0 Å². The molecular formula is C21H34N10O2S. The highest BCUT2D eigenvalue weighted by Gasteiger charge is 2.58. The first-order valence-electron chi connectivity index (χ1n) is 12.2. The van der Waals surface area contributed by atoms with Crippen LogP contribution in [0.1, 0.15) is 59.4 Å². The smallest absolute Gasteiger partial charge is 0.191 e. The topological polar surface area (TPSA) is 127 Å².